The number of halogens is 5. The number of aromatic nitrogens is 4. The molecule has 3 aromatic heterocycles. The summed E-state index contributed by atoms with van der Waals surface area (Å²) in [6, 6.07) is 8.89. The maximum absolute atomic E-state index is 13.8. The second-order valence-corrected chi connectivity index (χ2v) is 9.37. The van der Waals surface area contributed by atoms with Crippen LogP contribution >= 0.6 is 0 Å². The van der Waals surface area contributed by atoms with Gasteiger partial charge in [0.25, 0.3) is 0 Å². The highest BCUT2D eigenvalue weighted by Crippen LogP contribution is 2.31. The smallest absolute Gasteiger partial charge is 0.378 e. The molecule has 198 valence electrons. The van der Waals surface area contributed by atoms with Crippen molar-refractivity contribution in [2.24, 2.45) is 5.73 Å². The third kappa shape index (κ3) is 6.70. The molecular formula is C27H24F5N5O. The molecule has 0 saturated carbocycles. The number of aliphatic hydroxyl groups is 1. The van der Waals surface area contributed by atoms with Gasteiger partial charge < -0.3 is 10.8 Å². The largest absolute Gasteiger partial charge is 0.389 e. The molecule has 0 amide bonds. The lowest BCUT2D eigenvalue weighted by Gasteiger charge is -2.17. The molecule has 4 aromatic rings. The molecule has 0 fully saturated rings. The molecule has 0 aliphatic carbocycles. The highest BCUT2D eigenvalue weighted by molar-refractivity contribution is 5.79. The molecule has 11 heteroatoms. The van der Waals surface area contributed by atoms with Gasteiger partial charge in [-0.15, -0.1) is 10.2 Å². The lowest BCUT2D eigenvalue weighted by molar-refractivity contribution is -0.134. The van der Waals surface area contributed by atoms with Crippen LogP contribution in [-0.2, 0) is 12.8 Å². The van der Waals surface area contributed by atoms with Gasteiger partial charge in [-0.05, 0) is 68.2 Å². The summed E-state index contributed by atoms with van der Waals surface area (Å²) in [5, 5.41) is 18.0. The van der Waals surface area contributed by atoms with Crippen molar-refractivity contribution in [2.45, 2.75) is 50.9 Å². The lowest BCUT2D eigenvalue weighted by Crippen LogP contribution is -2.17. The Kier molecular flexibility index (Phi) is 7.49. The van der Waals surface area contributed by atoms with E-state index in [1.54, 1.807) is 30.5 Å². The van der Waals surface area contributed by atoms with Crippen LogP contribution in [0.25, 0.3) is 16.8 Å². The fourth-order valence-electron chi connectivity index (χ4n) is 3.95. The maximum Gasteiger partial charge on any atom is 0.389 e. The molecule has 1 atom stereocenters. The Hall–Kier alpha value is -3.88. The minimum Gasteiger partial charge on any atom is -0.378 e. The third-order valence-electron chi connectivity index (χ3n) is 5.58. The third-order valence-corrected chi connectivity index (χ3v) is 5.58. The first-order valence-electron chi connectivity index (χ1n) is 11.7. The molecule has 0 unspecified atom stereocenters. The molecule has 0 bridgehead atoms. The number of pyridine rings is 2. The van der Waals surface area contributed by atoms with Crippen molar-refractivity contribution in [2.75, 3.05) is 0 Å². The zero-order valence-corrected chi connectivity index (χ0v) is 20.5. The average Bonchev–Trinajstić information content (AvgIpc) is 3.23. The molecule has 0 aliphatic rings. The molecule has 3 N–H and O–H groups in total. The number of alkyl halides is 3. The minimum atomic E-state index is -4.34. The molecule has 1 aromatic carbocycles. The molecule has 4 rings (SSSR count). The summed E-state index contributed by atoms with van der Waals surface area (Å²) < 4.78 is 67.4. The highest BCUT2D eigenvalue weighted by atomic mass is 19.4. The SMILES string of the molecule is CC(C)(O)C#Cc1ccc(-c2cccn3c(CCC(F)(F)F)nnc23)c([C@@H](N)Cc2cc(F)cc(F)c2)n1. The Morgan fingerprint density at radius 3 is 2.39 bits per heavy atom. The number of nitrogens with zero attached hydrogens (tertiary/aromatic N) is 4. The van der Waals surface area contributed by atoms with Crippen LogP contribution in [0.3, 0.4) is 0 Å². The van der Waals surface area contributed by atoms with Gasteiger partial charge in [-0.2, -0.15) is 13.2 Å². The van der Waals surface area contributed by atoms with Crippen LogP contribution in [-0.4, -0.2) is 36.5 Å². The van der Waals surface area contributed by atoms with E-state index in [0.29, 0.717) is 33.7 Å². The quantitative estimate of drug-likeness (QED) is 0.273. The van der Waals surface area contributed by atoms with Crippen LogP contribution in [0, 0.1) is 23.5 Å². The van der Waals surface area contributed by atoms with Crippen molar-refractivity contribution in [3.63, 3.8) is 0 Å². The topological polar surface area (TPSA) is 89.3 Å². The molecule has 38 heavy (non-hydrogen) atoms. The molecule has 0 spiro atoms. The van der Waals surface area contributed by atoms with Crippen molar-refractivity contribution >= 4 is 5.65 Å². The number of benzene rings is 1. The summed E-state index contributed by atoms with van der Waals surface area (Å²) >= 11 is 0. The summed E-state index contributed by atoms with van der Waals surface area (Å²) in [5.41, 5.74) is 7.45. The normalized spacial score (nSPS) is 12.9. The molecule has 3 heterocycles. The zero-order chi connectivity index (χ0) is 27.7. The summed E-state index contributed by atoms with van der Waals surface area (Å²) in [6.07, 6.45) is -4.15. The van der Waals surface area contributed by atoms with Gasteiger partial charge in [0, 0.05) is 29.8 Å². The lowest BCUT2D eigenvalue weighted by atomic mass is 9.96. The van der Waals surface area contributed by atoms with E-state index < -0.39 is 35.9 Å². The van der Waals surface area contributed by atoms with Crippen LogP contribution < -0.4 is 5.73 Å². The Morgan fingerprint density at radius 1 is 1.03 bits per heavy atom. The Balaban J connectivity index is 1.80. The standard InChI is InChI=1S/C27H24F5N5O/c1-26(2,38)9-7-19-5-6-20(24(34-19)22(33)14-16-12-17(28)15-18(29)13-16)21-4-3-11-37-23(35-36-25(21)37)8-10-27(30,31)32/h3-6,11-13,15,22,38H,8,10,14,33H2,1-2H3/t22-/m0/s1. The van der Waals surface area contributed by atoms with Crippen molar-refractivity contribution in [1.82, 2.24) is 19.6 Å². The number of hydrogen-bond donors (Lipinski definition) is 2. The second kappa shape index (κ2) is 10.5. The van der Waals surface area contributed by atoms with E-state index in [-0.39, 0.29) is 18.7 Å². The molecule has 0 radical (unpaired) electrons. The maximum atomic E-state index is 13.8. The van der Waals surface area contributed by atoms with Gasteiger partial charge in [0.1, 0.15) is 28.8 Å². The van der Waals surface area contributed by atoms with E-state index in [0.717, 1.165) is 6.07 Å². The van der Waals surface area contributed by atoms with Crippen LogP contribution in [0.4, 0.5) is 22.0 Å². The number of aryl methyl sites for hydroxylation is 1. The first-order chi connectivity index (χ1) is 17.8. The zero-order valence-electron chi connectivity index (χ0n) is 20.5. The van der Waals surface area contributed by atoms with E-state index in [1.807, 2.05) is 0 Å². The van der Waals surface area contributed by atoms with E-state index >= 15 is 0 Å². The van der Waals surface area contributed by atoms with Crippen LogP contribution in [0.2, 0.25) is 0 Å². The predicted octanol–water partition coefficient (Wildman–Crippen LogP) is 4.93. The molecule has 0 aliphatic heterocycles. The Labute approximate surface area is 215 Å². The summed E-state index contributed by atoms with van der Waals surface area (Å²) in [5.74, 6) is 4.11. The number of rotatable bonds is 6. The molecule has 0 saturated heterocycles. The van der Waals surface area contributed by atoms with E-state index in [1.165, 1.54) is 30.4 Å². The van der Waals surface area contributed by atoms with Gasteiger partial charge in [-0.1, -0.05) is 5.92 Å². The second-order valence-electron chi connectivity index (χ2n) is 9.37. The molecule has 6 nitrogen and oxygen atoms in total. The van der Waals surface area contributed by atoms with Gasteiger partial charge in [0.15, 0.2) is 5.65 Å². The number of fused-ring (bicyclic) bond motifs is 1. The van der Waals surface area contributed by atoms with Gasteiger partial charge in [0.2, 0.25) is 0 Å². The number of nitrogens with two attached hydrogens (primary N) is 1. The van der Waals surface area contributed by atoms with Gasteiger partial charge >= 0.3 is 6.18 Å². The fraction of sp³-hybridized carbons (Fsp3) is 0.296. The van der Waals surface area contributed by atoms with E-state index in [2.05, 4.69) is 27.0 Å². The first kappa shape index (κ1) is 27.2. The minimum absolute atomic E-state index is 0.0314. The van der Waals surface area contributed by atoms with Crippen LogP contribution in [0.1, 0.15) is 49.1 Å². The Morgan fingerprint density at radius 2 is 1.74 bits per heavy atom. The summed E-state index contributed by atoms with van der Waals surface area (Å²) in [7, 11) is 0. The van der Waals surface area contributed by atoms with Crippen LogP contribution in [0.15, 0.2) is 48.7 Å². The summed E-state index contributed by atoms with van der Waals surface area (Å²) in [4.78, 5) is 4.57. The van der Waals surface area contributed by atoms with E-state index in [4.69, 9.17) is 5.73 Å². The van der Waals surface area contributed by atoms with Gasteiger partial charge in [-0.25, -0.2) is 13.8 Å². The van der Waals surface area contributed by atoms with Crippen LogP contribution in [0.5, 0.6) is 0 Å². The Bertz CT molecular complexity index is 1510. The highest BCUT2D eigenvalue weighted by Gasteiger charge is 2.28. The van der Waals surface area contributed by atoms with Gasteiger partial charge in [-0.3, -0.25) is 4.40 Å². The van der Waals surface area contributed by atoms with Crippen molar-refractivity contribution < 1.29 is 27.1 Å². The predicted molar refractivity (Wildman–Crippen MR) is 131 cm³/mol. The van der Waals surface area contributed by atoms with Gasteiger partial charge in [0.05, 0.1) is 18.2 Å². The van der Waals surface area contributed by atoms with Crippen molar-refractivity contribution in [3.8, 4) is 23.0 Å². The number of hydrogen-bond acceptors (Lipinski definition) is 5. The average molecular weight is 530 g/mol. The van der Waals surface area contributed by atoms with Crippen molar-refractivity contribution in [3.05, 3.63) is 83.1 Å². The van der Waals surface area contributed by atoms with Crippen molar-refractivity contribution in [1.29, 1.82) is 0 Å². The monoisotopic (exact) mass is 529 g/mol. The summed E-state index contributed by atoms with van der Waals surface area (Å²) in [6.45, 7) is 3.03. The molecular weight excluding hydrogens is 505 g/mol. The first-order valence-corrected chi connectivity index (χ1v) is 11.7. The fourth-order valence-corrected chi connectivity index (χ4v) is 3.95. The van der Waals surface area contributed by atoms with E-state index in [9.17, 15) is 27.1 Å².